The Labute approximate surface area is 181 Å². The zero-order valence-electron chi connectivity index (χ0n) is 18.2. The van der Waals surface area contributed by atoms with Crippen molar-refractivity contribution in [3.05, 3.63) is 27.2 Å². The van der Waals surface area contributed by atoms with Gasteiger partial charge in [-0.15, -0.1) is 21.5 Å². The number of hydrogen-bond donors (Lipinski definition) is 2. The van der Waals surface area contributed by atoms with Crippen LogP contribution in [0.25, 0.3) is 0 Å². The highest BCUT2D eigenvalue weighted by molar-refractivity contribution is 7.13. The average molecular weight is 434 g/mol. The van der Waals surface area contributed by atoms with Crippen LogP contribution in [0.3, 0.4) is 0 Å². The molecule has 9 nitrogen and oxygen atoms in total. The summed E-state index contributed by atoms with van der Waals surface area (Å²) in [6.45, 7) is 10.2. The summed E-state index contributed by atoms with van der Waals surface area (Å²) in [6.07, 6.45) is 4.54. The van der Waals surface area contributed by atoms with E-state index < -0.39 is 0 Å². The molecule has 10 heteroatoms. The normalized spacial score (nSPS) is 15.3. The third kappa shape index (κ3) is 5.35. The molecule has 1 aliphatic rings. The average Bonchev–Trinajstić information content (AvgIpc) is 3.21. The van der Waals surface area contributed by atoms with Gasteiger partial charge in [0.1, 0.15) is 22.3 Å². The van der Waals surface area contributed by atoms with Gasteiger partial charge in [-0.25, -0.2) is 14.8 Å². The summed E-state index contributed by atoms with van der Waals surface area (Å²) in [5.74, 6) is 2.32. The smallest absolute Gasteiger partial charge is 0.350 e. The molecule has 0 aliphatic carbocycles. The van der Waals surface area contributed by atoms with E-state index in [0.717, 1.165) is 42.6 Å². The lowest BCUT2D eigenvalue weighted by Crippen LogP contribution is -2.38. The Morgan fingerprint density at radius 3 is 2.90 bits per heavy atom. The number of aliphatic imine (C=N–C) groups is 1. The van der Waals surface area contributed by atoms with Gasteiger partial charge in [0.15, 0.2) is 11.8 Å². The highest BCUT2D eigenvalue weighted by Crippen LogP contribution is 2.24. The van der Waals surface area contributed by atoms with E-state index in [1.807, 2.05) is 20.8 Å². The fourth-order valence-corrected chi connectivity index (χ4v) is 4.35. The number of esters is 1. The molecule has 1 unspecified atom stereocenters. The second-order valence-corrected chi connectivity index (χ2v) is 8.27. The first-order valence-corrected chi connectivity index (χ1v) is 11.4. The van der Waals surface area contributed by atoms with E-state index in [4.69, 9.17) is 9.73 Å². The highest BCUT2D eigenvalue weighted by Gasteiger charge is 2.20. The van der Waals surface area contributed by atoms with Crippen LogP contribution in [0.2, 0.25) is 0 Å². The van der Waals surface area contributed by atoms with Gasteiger partial charge in [-0.2, -0.15) is 0 Å². The number of carbonyl (C=O) groups excluding carboxylic acids is 1. The monoisotopic (exact) mass is 433 g/mol. The van der Waals surface area contributed by atoms with Gasteiger partial charge < -0.3 is 19.9 Å². The fourth-order valence-electron chi connectivity index (χ4n) is 3.39. The molecule has 0 radical (unpaired) electrons. The van der Waals surface area contributed by atoms with Crippen molar-refractivity contribution in [2.24, 2.45) is 4.99 Å². The largest absolute Gasteiger partial charge is 0.462 e. The molecular weight excluding hydrogens is 402 g/mol. The van der Waals surface area contributed by atoms with E-state index in [1.165, 1.54) is 24.2 Å². The molecule has 3 heterocycles. The maximum atomic E-state index is 12.1. The number of hydrogen-bond acceptors (Lipinski definition) is 7. The van der Waals surface area contributed by atoms with Gasteiger partial charge >= 0.3 is 5.97 Å². The molecule has 164 valence electrons. The molecule has 0 spiro atoms. The summed E-state index contributed by atoms with van der Waals surface area (Å²) in [5, 5.41) is 16.2. The Hall–Kier alpha value is -2.49. The minimum Gasteiger partial charge on any atom is -0.462 e. The highest BCUT2D eigenvalue weighted by atomic mass is 32.1. The van der Waals surface area contributed by atoms with Gasteiger partial charge in [-0.3, -0.25) is 0 Å². The minimum absolute atomic E-state index is 0.106. The predicted molar refractivity (Wildman–Crippen MR) is 117 cm³/mol. The molecule has 30 heavy (non-hydrogen) atoms. The zero-order valence-corrected chi connectivity index (χ0v) is 19.0. The van der Waals surface area contributed by atoms with Crippen LogP contribution in [-0.2, 0) is 24.2 Å². The number of nitrogens with zero attached hydrogens (tertiary/aromatic N) is 5. The van der Waals surface area contributed by atoms with Gasteiger partial charge in [-0.05, 0) is 40.5 Å². The van der Waals surface area contributed by atoms with E-state index in [9.17, 15) is 4.79 Å². The molecule has 2 aromatic heterocycles. The number of rotatable bonds is 7. The van der Waals surface area contributed by atoms with Crippen molar-refractivity contribution in [3.63, 3.8) is 0 Å². The quantitative estimate of drug-likeness (QED) is 0.393. The summed E-state index contributed by atoms with van der Waals surface area (Å²) >= 11 is 1.36. The molecule has 3 rings (SSSR count). The first kappa shape index (κ1) is 22.2. The molecule has 0 aromatic carbocycles. The second-order valence-electron chi connectivity index (χ2n) is 7.24. The SMILES string of the molecule is CCNC(=NCc1nnc2n1CCCCC2)NC(C)c1nc(C)c(C(=O)OCC)s1. The molecule has 0 bridgehead atoms. The van der Waals surface area contributed by atoms with Crippen LogP contribution in [0.15, 0.2) is 4.99 Å². The zero-order chi connectivity index (χ0) is 21.5. The molecule has 1 aliphatic heterocycles. The van der Waals surface area contributed by atoms with E-state index in [-0.39, 0.29) is 12.0 Å². The first-order chi connectivity index (χ1) is 14.5. The van der Waals surface area contributed by atoms with Crippen molar-refractivity contribution in [1.29, 1.82) is 0 Å². The number of nitrogens with one attached hydrogen (secondary N) is 2. The Kier molecular flexibility index (Phi) is 7.78. The summed E-state index contributed by atoms with van der Waals surface area (Å²) in [4.78, 5) is 21.9. The Morgan fingerprint density at radius 2 is 2.13 bits per heavy atom. The van der Waals surface area contributed by atoms with Crippen LogP contribution in [0.5, 0.6) is 0 Å². The molecule has 0 saturated heterocycles. The number of ether oxygens (including phenoxy) is 1. The maximum absolute atomic E-state index is 12.1. The van der Waals surface area contributed by atoms with Crippen LogP contribution < -0.4 is 10.6 Å². The molecule has 0 fully saturated rings. The number of aromatic nitrogens is 4. The van der Waals surface area contributed by atoms with Crippen molar-refractivity contribution in [1.82, 2.24) is 30.4 Å². The van der Waals surface area contributed by atoms with Gasteiger partial charge in [0.25, 0.3) is 0 Å². The van der Waals surface area contributed by atoms with Crippen LogP contribution in [-0.4, -0.2) is 44.8 Å². The topological polar surface area (TPSA) is 106 Å². The number of carbonyl (C=O) groups is 1. The van der Waals surface area contributed by atoms with Crippen molar-refractivity contribution in [2.75, 3.05) is 13.2 Å². The molecule has 1 atom stereocenters. The molecule has 2 aromatic rings. The van der Waals surface area contributed by atoms with Crippen molar-refractivity contribution < 1.29 is 9.53 Å². The lowest BCUT2D eigenvalue weighted by atomic mass is 10.2. The molecule has 0 saturated carbocycles. The first-order valence-electron chi connectivity index (χ1n) is 10.6. The molecule has 0 amide bonds. The number of thiazole rings is 1. The van der Waals surface area contributed by atoms with E-state index >= 15 is 0 Å². The van der Waals surface area contributed by atoms with Crippen molar-refractivity contribution >= 4 is 23.3 Å². The minimum atomic E-state index is -0.320. The third-order valence-corrected chi connectivity index (χ3v) is 6.23. The van der Waals surface area contributed by atoms with Gasteiger partial charge in [-0.1, -0.05) is 6.42 Å². The Balaban J connectivity index is 1.70. The lowest BCUT2D eigenvalue weighted by Gasteiger charge is -2.16. The Morgan fingerprint density at radius 1 is 1.30 bits per heavy atom. The molecule has 2 N–H and O–H groups in total. The van der Waals surface area contributed by atoms with Gasteiger partial charge in [0.2, 0.25) is 0 Å². The number of guanidine groups is 1. The van der Waals surface area contributed by atoms with Crippen molar-refractivity contribution in [3.8, 4) is 0 Å². The van der Waals surface area contributed by atoms with Crippen LogP contribution in [0, 0.1) is 6.92 Å². The number of fused-ring (bicyclic) bond motifs is 1. The summed E-state index contributed by atoms with van der Waals surface area (Å²) in [5.41, 5.74) is 0.690. The standard InChI is InChI=1S/C20H31N7O2S/c1-5-21-20(22-12-16-26-25-15-10-8-7-9-11-27(15)16)24-14(4)18-23-13(3)17(30-18)19(28)29-6-2/h14H,5-12H2,1-4H3,(H2,21,22,24). The Bertz CT molecular complexity index is 890. The number of aryl methyl sites for hydroxylation is 2. The van der Waals surface area contributed by atoms with E-state index in [1.54, 1.807) is 6.92 Å². The van der Waals surface area contributed by atoms with Gasteiger partial charge in [0, 0.05) is 19.5 Å². The lowest BCUT2D eigenvalue weighted by molar-refractivity contribution is 0.0531. The summed E-state index contributed by atoms with van der Waals surface area (Å²) in [7, 11) is 0. The maximum Gasteiger partial charge on any atom is 0.350 e. The second kappa shape index (κ2) is 10.5. The summed E-state index contributed by atoms with van der Waals surface area (Å²) < 4.78 is 7.32. The van der Waals surface area contributed by atoms with E-state index in [0.29, 0.717) is 29.7 Å². The predicted octanol–water partition coefficient (Wildman–Crippen LogP) is 2.76. The van der Waals surface area contributed by atoms with Crippen LogP contribution in [0.1, 0.15) is 78.1 Å². The molecular formula is C20H31N7O2S. The third-order valence-electron chi connectivity index (χ3n) is 4.91. The summed E-state index contributed by atoms with van der Waals surface area (Å²) in [6, 6.07) is -0.106. The van der Waals surface area contributed by atoms with Crippen LogP contribution in [0.4, 0.5) is 0 Å². The van der Waals surface area contributed by atoms with Gasteiger partial charge in [0.05, 0.1) is 18.3 Å². The van der Waals surface area contributed by atoms with Crippen LogP contribution >= 0.6 is 11.3 Å². The fraction of sp³-hybridized carbons (Fsp3) is 0.650. The van der Waals surface area contributed by atoms with Crippen molar-refractivity contribution in [2.45, 2.75) is 72.5 Å². The van der Waals surface area contributed by atoms with E-state index in [2.05, 4.69) is 30.4 Å².